The van der Waals surface area contributed by atoms with Gasteiger partial charge in [-0.3, -0.25) is 15.1 Å². The maximum Gasteiger partial charge on any atom is 0.269 e. The fourth-order valence-electron chi connectivity index (χ4n) is 2.47. The third-order valence-electron chi connectivity index (χ3n) is 3.81. The lowest BCUT2D eigenvalue weighted by atomic mass is 10.0. The van der Waals surface area contributed by atoms with Crippen LogP contribution in [0.15, 0.2) is 54.7 Å². The quantitative estimate of drug-likeness (QED) is 0.464. The van der Waals surface area contributed by atoms with E-state index in [9.17, 15) is 20.3 Å². The molecule has 2 unspecified atom stereocenters. The Morgan fingerprint density at radius 3 is 2.44 bits per heavy atom. The number of hydrogen-bond acceptors (Lipinski definition) is 7. The molecule has 1 aromatic heterocycles. The van der Waals surface area contributed by atoms with Crippen LogP contribution in [-0.4, -0.2) is 37.8 Å². The standard InChI is InChI=1S/C17H16N4O4/c22-10-15(17(23)11-5-7-12(8-6-11)21(24)25)20-16-9-18-13-3-1-2-4-14(13)19-16/h1-9,15,17,22-23H,10H2,(H,19,20). The normalized spacial score (nSPS) is 13.4. The molecule has 8 nitrogen and oxygen atoms in total. The molecule has 2 atom stereocenters. The van der Waals surface area contributed by atoms with Crippen molar-refractivity contribution in [2.24, 2.45) is 0 Å². The Morgan fingerprint density at radius 2 is 1.80 bits per heavy atom. The summed E-state index contributed by atoms with van der Waals surface area (Å²) in [5, 5.41) is 33.7. The molecule has 0 bridgehead atoms. The second-order valence-electron chi connectivity index (χ2n) is 5.47. The van der Waals surface area contributed by atoms with Crippen LogP contribution in [0.1, 0.15) is 11.7 Å². The molecular weight excluding hydrogens is 324 g/mol. The summed E-state index contributed by atoms with van der Waals surface area (Å²) < 4.78 is 0. The predicted molar refractivity (Wildman–Crippen MR) is 92.1 cm³/mol. The SMILES string of the molecule is O=[N+]([O-])c1ccc(C(O)C(CO)Nc2cnc3ccccc3n2)cc1. The second kappa shape index (κ2) is 7.20. The first-order valence-corrected chi connectivity index (χ1v) is 7.60. The van der Waals surface area contributed by atoms with Crippen molar-refractivity contribution in [2.45, 2.75) is 12.1 Å². The average Bonchev–Trinajstić information content (AvgIpc) is 2.65. The predicted octanol–water partition coefficient (Wildman–Crippen LogP) is 2.04. The van der Waals surface area contributed by atoms with Crippen molar-refractivity contribution < 1.29 is 15.1 Å². The molecule has 2 aromatic carbocycles. The van der Waals surface area contributed by atoms with Crippen molar-refractivity contribution >= 4 is 22.5 Å². The van der Waals surface area contributed by atoms with Crippen LogP contribution in [0.2, 0.25) is 0 Å². The fraction of sp³-hybridized carbons (Fsp3) is 0.176. The maximum absolute atomic E-state index is 10.7. The molecule has 3 aromatic rings. The van der Waals surface area contributed by atoms with E-state index in [1.54, 1.807) is 0 Å². The molecule has 0 aliphatic heterocycles. The van der Waals surface area contributed by atoms with Gasteiger partial charge >= 0.3 is 0 Å². The van der Waals surface area contributed by atoms with E-state index in [1.165, 1.54) is 30.5 Å². The van der Waals surface area contributed by atoms with Crippen molar-refractivity contribution in [1.82, 2.24) is 9.97 Å². The molecule has 128 valence electrons. The largest absolute Gasteiger partial charge is 0.394 e. The molecule has 3 rings (SSSR count). The number of benzene rings is 2. The summed E-state index contributed by atoms with van der Waals surface area (Å²) in [6.07, 6.45) is 0.451. The van der Waals surface area contributed by atoms with Gasteiger partial charge in [0.15, 0.2) is 0 Å². The lowest BCUT2D eigenvalue weighted by molar-refractivity contribution is -0.384. The van der Waals surface area contributed by atoms with Crippen LogP contribution >= 0.6 is 0 Å². The highest BCUT2D eigenvalue weighted by molar-refractivity contribution is 5.75. The van der Waals surface area contributed by atoms with E-state index in [0.717, 1.165) is 5.52 Å². The van der Waals surface area contributed by atoms with Gasteiger partial charge in [-0.05, 0) is 29.8 Å². The molecule has 0 spiro atoms. The van der Waals surface area contributed by atoms with Crippen molar-refractivity contribution in [1.29, 1.82) is 0 Å². The number of aliphatic hydroxyl groups excluding tert-OH is 2. The van der Waals surface area contributed by atoms with E-state index in [2.05, 4.69) is 15.3 Å². The van der Waals surface area contributed by atoms with Crippen molar-refractivity contribution in [3.63, 3.8) is 0 Å². The Kier molecular flexibility index (Phi) is 4.82. The molecule has 1 heterocycles. The minimum Gasteiger partial charge on any atom is -0.394 e. The Labute approximate surface area is 142 Å². The number of fused-ring (bicyclic) bond motifs is 1. The molecule has 8 heteroatoms. The van der Waals surface area contributed by atoms with E-state index in [-0.39, 0.29) is 12.3 Å². The first kappa shape index (κ1) is 16.7. The number of nitrogens with one attached hydrogen (secondary N) is 1. The summed E-state index contributed by atoms with van der Waals surface area (Å²) in [7, 11) is 0. The molecule has 0 aliphatic carbocycles. The smallest absolute Gasteiger partial charge is 0.269 e. The topological polar surface area (TPSA) is 121 Å². The number of nitrogens with zero attached hydrogens (tertiary/aromatic N) is 3. The van der Waals surface area contributed by atoms with Gasteiger partial charge in [0.05, 0.1) is 34.8 Å². The second-order valence-corrected chi connectivity index (χ2v) is 5.47. The lowest BCUT2D eigenvalue weighted by Gasteiger charge is -2.23. The summed E-state index contributed by atoms with van der Waals surface area (Å²) in [5.41, 5.74) is 1.81. The van der Waals surface area contributed by atoms with Crippen LogP contribution in [0.25, 0.3) is 11.0 Å². The first-order chi connectivity index (χ1) is 12.1. The molecule has 0 fully saturated rings. The summed E-state index contributed by atoms with van der Waals surface area (Å²) >= 11 is 0. The highest BCUT2D eigenvalue weighted by atomic mass is 16.6. The van der Waals surface area contributed by atoms with Crippen molar-refractivity contribution in [3.8, 4) is 0 Å². The molecule has 3 N–H and O–H groups in total. The van der Waals surface area contributed by atoms with Crippen LogP contribution in [0.3, 0.4) is 0 Å². The molecule has 25 heavy (non-hydrogen) atoms. The zero-order chi connectivity index (χ0) is 17.8. The zero-order valence-corrected chi connectivity index (χ0v) is 13.1. The molecule has 0 aliphatic rings. The van der Waals surface area contributed by atoms with E-state index < -0.39 is 17.1 Å². The van der Waals surface area contributed by atoms with E-state index in [1.807, 2.05) is 24.3 Å². The molecular formula is C17H16N4O4. The van der Waals surface area contributed by atoms with Crippen LogP contribution in [0.4, 0.5) is 11.5 Å². The van der Waals surface area contributed by atoms with Gasteiger partial charge in [-0.2, -0.15) is 0 Å². The number of nitro groups is 1. The van der Waals surface area contributed by atoms with Gasteiger partial charge in [0.25, 0.3) is 5.69 Å². The highest BCUT2D eigenvalue weighted by Gasteiger charge is 2.21. The number of aromatic nitrogens is 2. The number of non-ortho nitro benzene ring substituents is 1. The van der Waals surface area contributed by atoms with E-state index >= 15 is 0 Å². The Hall–Kier alpha value is -3.10. The number of aliphatic hydroxyl groups is 2. The number of anilines is 1. The van der Waals surface area contributed by atoms with Gasteiger partial charge in [0.1, 0.15) is 11.9 Å². The highest BCUT2D eigenvalue weighted by Crippen LogP contribution is 2.22. The average molecular weight is 340 g/mol. The van der Waals surface area contributed by atoms with E-state index in [4.69, 9.17) is 0 Å². The van der Waals surface area contributed by atoms with E-state index in [0.29, 0.717) is 16.9 Å². The van der Waals surface area contributed by atoms with Crippen LogP contribution in [0, 0.1) is 10.1 Å². The lowest BCUT2D eigenvalue weighted by Crippen LogP contribution is -2.31. The number of hydrogen-bond donors (Lipinski definition) is 3. The minimum atomic E-state index is -1.07. The summed E-state index contributed by atoms with van der Waals surface area (Å²) in [6, 6.07) is 12.1. The van der Waals surface area contributed by atoms with Crippen LogP contribution < -0.4 is 5.32 Å². The monoisotopic (exact) mass is 340 g/mol. The summed E-state index contributed by atoms with van der Waals surface area (Å²) in [4.78, 5) is 18.8. The first-order valence-electron chi connectivity index (χ1n) is 7.60. The zero-order valence-electron chi connectivity index (χ0n) is 13.1. The van der Waals surface area contributed by atoms with Gasteiger partial charge < -0.3 is 15.5 Å². The Bertz CT molecular complexity index is 885. The fourth-order valence-corrected chi connectivity index (χ4v) is 2.47. The Morgan fingerprint density at radius 1 is 1.12 bits per heavy atom. The van der Waals surface area contributed by atoms with Gasteiger partial charge in [0, 0.05) is 12.1 Å². The number of nitro benzene ring substituents is 1. The maximum atomic E-state index is 10.7. The van der Waals surface area contributed by atoms with Gasteiger partial charge in [-0.15, -0.1) is 0 Å². The van der Waals surface area contributed by atoms with Crippen molar-refractivity contribution in [3.05, 3.63) is 70.4 Å². The minimum absolute atomic E-state index is 0.0650. The summed E-state index contributed by atoms with van der Waals surface area (Å²) in [5.74, 6) is 0.415. The molecule has 0 saturated heterocycles. The Balaban J connectivity index is 1.79. The number of para-hydroxylation sites is 2. The van der Waals surface area contributed by atoms with Crippen LogP contribution in [-0.2, 0) is 0 Å². The molecule has 0 saturated carbocycles. The van der Waals surface area contributed by atoms with Crippen LogP contribution in [0.5, 0.6) is 0 Å². The van der Waals surface area contributed by atoms with Crippen molar-refractivity contribution in [2.75, 3.05) is 11.9 Å². The van der Waals surface area contributed by atoms with Gasteiger partial charge in [-0.1, -0.05) is 12.1 Å². The third-order valence-corrected chi connectivity index (χ3v) is 3.81. The number of rotatable bonds is 6. The molecule has 0 amide bonds. The third kappa shape index (κ3) is 3.70. The summed E-state index contributed by atoms with van der Waals surface area (Å²) in [6.45, 7) is -0.355. The molecule has 0 radical (unpaired) electrons. The van der Waals surface area contributed by atoms with Gasteiger partial charge in [-0.25, -0.2) is 4.98 Å². The van der Waals surface area contributed by atoms with Gasteiger partial charge in [0.2, 0.25) is 0 Å².